The predicted molar refractivity (Wildman–Crippen MR) is 63.6 cm³/mol. The number of halogens is 1. The van der Waals surface area contributed by atoms with Gasteiger partial charge in [0.05, 0.1) is 0 Å². The SMILES string of the molecule is Cc1cnc(Cl)nc1N1CCN(C(=O)O)CC1. The molecule has 0 bridgehead atoms. The van der Waals surface area contributed by atoms with Gasteiger partial charge in [-0.1, -0.05) is 0 Å². The first-order valence-electron chi connectivity index (χ1n) is 5.30. The second-order valence-electron chi connectivity index (χ2n) is 3.90. The van der Waals surface area contributed by atoms with E-state index < -0.39 is 6.09 Å². The van der Waals surface area contributed by atoms with E-state index in [1.807, 2.05) is 11.8 Å². The number of aryl methyl sites for hydroxylation is 1. The molecule has 1 aliphatic heterocycles. The number of carboxylic acid groups (broad SMARTS) is 1. The maximum Gasteiger partial charge on any atom is 0.407 e. The highest BCUT2D eigenvalue weighted by Crippen LogP contribution is 2.19. The summed E-state index contributed by atoms with van der Waals surface area (Å²) in [7, 11) is 0. The van der Waals surface area contributed by atoms with Crippen molar-refractivity contribution in [3.63, 3.8) is 0 Å². The van der Waals surface area contributed by atoms with Crippen molar-refractivity contribution in [3.05, 3.63) is 17.0 Å². The number of aromatic nitrogens is 2. The van der Waals surface area contributed by atoms with Crippen molar-refractivity contribution < 1.29 is 9.90 Å². The van der Waals surface area contributed by atoms with Crippen LogP contribution in [-0.4, -0.2) is 52.2 Å². The molecule has 1 aromatic rings. The highest BCUT2D eigenvalue weighted by Gasteiger charge is 2.22. The standard InChI is InChI=1S/C10H13ClN4O2/c1-7-6-12-9(11)13-8(7)14-2-4-15(5-3-14)10(16)17/h6H,2-5H2,1H3,(H,16,17). The smallest absolute Gasteiger partial charge is 0.407 e. The first-order chi connectivity index (χ1) is 8.08. The van der Waals surface area contributed by atoms with Crippen LogP contribution in [0.4, 0.5) is 10.6 Å². The van der Waals surface area contributed by atoms with Gasteiger partial charge in [0.15, 0.2) is 0 Å². The summed E-state index contributed by atoms with van der Waals surface area (Å²) in [5.74, 6) is 0.787. The summed E-state index contributed by atoms with van der Waals surface area (Å²) >= 11 is 5.76. The lowest BCUT2D eigenvalue weighted by atomic mass is 10.2. The van der Waals surface area contributed by atoms with Crippen molar-refractivity contribution in [1.29, 1.82) is 0 Å². The van der Waals surface area contributed by atoms with Crippen LogP contribution in [0, 0.1) is 6.92 Å². The highest BCUT2D eigenvalue weighted by atomic mass is 35.5. The van der Waals surface area contributed by atoms with Crippen LogP contribution >= 0.6 is 11.6 Å². The average molecular weight is 257 g/mol. The van der Waals surface area contributed by atoms with Crippen LogP contribution in [0.5, 0.6) is 0 Å². The van der Waals surface area contributed by atoms with E-state index in [-0.39, 0.29) is 5.28 Å². The highest BCUT2D eigenvalue weighted by molar-refractivity contribution is 6.28. The minimum atomic E-state index is -0.873. The van der Waals surface area contributed by atoms with E-state index >= 15 is 0 Å². The molecule has 0 atom stereocenters. The van der Waals surface area contributed by atoms with Crippen molar-refractivity contribution >= 4 is 23.5 Å². The Morgan fingerprint density at radius 1 is 1.41 bits per heavy atom. The quantitative estimate of drug-likeness (QED) is 0.766. The minimum absolute atomic E-state index is 0.214. The van der Waals surface area contributed by atoms with Gasteiger partial charge < -0.3 is 14.9 Å². The van der Waals surface area contributed by atoms with Crippen molar-refractivity contribution in [3.8, 4) is 0 Å². The van der Waals surface area contributed by atoms with Gasteiger partial charge in [-0.3, -0.25) is 0 Å². The van der Waals surface area contributed by atoms with Crippen molar-refractivity contribution in [1.82, 2.24) is 14.9 Å². The van der Waals surface area contributed by atoms with E-state index in [9.17, 15) is 4.79 Å². The molecule has 17 heavy (non-hydrogen) atoms. The Labute approximate surface area is 104 Å². The number of rotatable bonds is 1. The maximum absolute atomic E-state index is 10.8. The van der Waals surface area contributed by atoms with Gasteiger partial charge in [0.25, 0.3) is 0 Å². The van der Waals surface area contributed by atoms with E-state index in [4.69, 9.17) is 16.7 Å². The molecule has 0 aromatic carbocycles. The molecule has 0 spiro atoms. The van der Waals surface area contributed by atoms with Gasteiger partial charge in [0, 0.05) is 37.9 Å². The molecule has 1 aromatic heterocycles. The van der Waals surface area contributed by atoms with Crippen LogP contribution in [0.1, 0.15) is 5.56 Å². The van der Waals surface area contributed by atoms with Gasteiger partial charge in [-0.25, -0.2) is 14.8 Å². The molecular formula is C10H13ClN4O2. The summed E-state index contributed by atoms with van der Waals surface area (Å²) in [5.41, 5.74) is 0.943. The molecule has 1 aliphatic rings. The van der Waals surface area contributed by atoms with Crippen molar-refractivity contribution in [2.75, 3.05) is 31.1 Å². The van der Waals surface area contributed by atoms with Crippen molar-refractivity contribution in [2.45, 2.75) is 6.92 Å². The summed E-state index contributed by atoms with van der Waals surface area (Å²) in [5, 5.41) is 9.07. The minimum Gasteiger partial charge on any atom is -0.465 e. The summed E-state index contributed by atoms with van der Waals surface area (Å²) in [6.07, 6.45) is 0.802. The normalized spacial score (nSPS) is 16.1. The zero-order chi connectivity index (χ0) is 12.4. The Morgan fingerprint density at radius 2 is 2.06 bits per heavy atom. The number of nitrogens with zero attached hydrogens (tertiary/aromatic N) is 4. The number of amides is 1. The number of carbonyl (C=O) groups is 1. The van der Waals surface area contributed by atoms with Gasteiger partial charge in [-0.05, 0) is 18.5 Å². The Hall–Kier alpha value is -1.56. The Kier molecular flexibility index (Phi) is 3.33. The molecule has 2 rings (SSSR count). The first kappa shape index (κ1) is 11.9. The molecule has 0 saturated carbocycles. The number of anilines is 1. The molecular weight excluding hydrogens is 244 g/mol. The van der Waals surface area contributed by atoms with Gasteiger partial charge in [0.2, 0.25) is 5.28 Å². The molecule has 6 nitrogen and oxygen atoms in total. The molecule has 1 fully saturated rings. The topological polar surface area (TPSA) is 69.6 Å². The van der Waals surface area contributed by atoms with E-state index in [1.54, 1.807) is 6.20 Å². The monoisotopic (exact) mass is 256 g/mol. The van der Waals surface area contributed by atoms with Gasteiger partial charge in [-0.15, -0.1) is 0 Å². The van der Waals surface area contributed by atoms with Crippen LogP contribution in [-0.2, 0) is 0 Å². The fourth-order valence-electron chi connectivity index (χ4n) is 1.84. The average Bonchev–Trinajstić information content (AvgIpc) is 2.32. The fourth-order valence-corrected chi connectivity index (χ4v) is 1.97. The Bertz CT molecular complexity index is 432. The lowest BCUT2D eigenvalue weighted by Crippen LogP contribution is -2.48. The summed E-state index contributed by atoms with van der Waals surface area (Å²) in [6.45, 7) is 4.13. The zero-order valence-electron chi connectivity index (χ0n) is 9.43. The lowest BCUT2D eigenvalue weighted by Gasteiger charge is -2.34. The third-order valence-corrected chi connectivity index (χ3v) is 2.95. The molecule has 0 aliphatic carbocycles. The number of hydrogen-bond donors (Lipinski definition) is 1. The van der Waals surface area contributed by atoms with E-state index in [2.05, 4.69) is 9.97 Å². The summed E-state index contributed by atoms with van der Waals surface area (Å²) < 4.78 is 0. The van der Waals surface area contributed by atoms with Gasteiger partial charge in [-0.2, -0.15) is 0 Å². The Morgan fingerprint density at radius 3 is 2.65 bits per heavy atom. The van der Waals surface area contributed by atoms with Crippen LogP contribution in [0.3, 0.4) is 0 Å². The molecule has 1 saturated heterocycles. The largest absolute Gasteiger partial charge is 0.465 e. The lowest BCUT2D eigenvalue weighted by molar-refractivity contribution is 0.142. The van der Waals surface area contributed by atoms with Crippen LogP contribution in [0.2, 0.25) is 5.28 Å². The second kappa shape index (κ2) is 4.75. The van der Waals surface area contributed by atoms with Crippen LogP contribution < -0.4 is 4.90 Å². The van der Waals surface area contributed by atoms with Gasteiger partial charge in [0.1, 0.15) is 5.82 Å². The summed E-state index contributed by atoms with van der Waals surface area (Å²) in [6, 6.07) is 0. The summed E-state index contributed by atoms with van der Waals surface area (Å²) in [4.78, 5) is 22.3. The number of piperazine rings is 1. The third kappa shape index (κ3) is 2.58. The van der Waals surface area contributed by atoms with E-state index in [0.717, 1.165) is 11.4 Å². The molecule has 2 heterocycles. The van der Waals surface area contributed by atoms with Gasteiger partial charge >= 0.3 is 6.09 Å². The molecule has 92 valence electrons. The fraction of sp³-hybridized carbons (Fsp3) is 0.500. The molecule has 1 N–H and O–H groups in total. The molecule has 7 heteroatoms. The van der Waals surface area contributed by atoms with Crippen LogP contribution in [0.15, 0.2) is 6.20 Å². The molecule has 0 radical (unpaired) electrons. The van der Waals surface area contributed by atoms with Crippen LogP contribution in [0.25, 0.3) is 0 Å². The Balaban J connectivity index is 2.10. The van der Waals surface area contributed by atoms with E-state index in [0.29, 0.717) is 26.2 Å². The molecule has 1 amide bonds. The molecule has 0 unspecified atom stereocenters. The number of hydrogen-bond acceptors (Lipinski definition) is 4. The predicted octanol–water partition coefficient (Wildman–Crippen LogP) is 1.24. The van der Waals surface area contributed by atoms with E-state index in [1.165, 1.54) is 4.90 Å². The third-order valence-electron chi connectivity index (χ3n) is 2.77. The maximum atomic E-state index is 10.8. The zero-order valence-corrected chi connectivity index (χ0v) is 10.2. The first-order valence-corrected chi connectivity index (χ1v) is 5.67. The second-order valence-corrected chi connectivity index (χ2v) is 4.24. The van der Waals surface area contributed by atoms with Crippen molar-refractivity contribution in [2.24, 2.45) is 0 Å².